The molecular formula is C34H36FN3O4S. The summed E-state index contributed by atoms with van der Waals surface area (Å²) in [6.45, 7) is 1.80. The quantitative estimate of drug-likeness (QED) is 0.191. The summed E-state index contributed by atoms with van der Waals surface area (Å²) in [6, 6.07) is 30.6. The molecule has 0 unspecified atom stereocenters. The van der Waals surface area contributed by atoms with Gasteiger partial charge in [0, 0.05) is 19.5 Å². The van der Waals surface area contributed by atoms with Crippen LogP contribution in [0.5, 0.6) is 0 Å². The van der Waals surface area contributed by atoms with Crippen molar-refractivity contribution in [2.45, 2.75) is 43.7 Å². The van der Waals surface area contributed by atoms with Crippen molar-refractivity contribution < 1.29 is 22.4 Å². The third-order valence-corrected chi connectivity index (χ3v) is 8.80. The van der Waals surface area contributed by atoms with E-state index in [-0.39, 0.29) is 29.5 Å². The fourth-order valence-corrected chi connectivity index (χ4v) is 6.17. The number of unbranched alkanes of at least 4 members (excludes halogenated alkanes) is 1. The van der Waals surface area contributed by atoms with Gasteiger partial charge in [0.2, 0.25) is 11.8 Å². The van der Waals surface area contributed by atoms with E-state index in [2.05, 4.69) is 5.32 Å². The van der Waals surface area contributed by atoms with Crippen LogP contribution in [-0.2, 0) is 32.6 Å². The molecular weight excluding hydrogens is 565 g/mol. The molecule has 9 heteroatoms. The maximum atomic E-state index is 15.1. The summed E-state index contributed by atoms with van der Waals surface area (Å²) >= 11 is 0. The van der Waals surface area contributed by atoms with E-state index in [4.69, 9.17) is 0 Å². The molecule has 4 rings (SSSR count). The molecule has 224 valence electrons. The molecule has 0 aliphatic rings. The van der Waals surface area contributed by atoms with Crippen molar-refractivity contribution in [1.82, 2.24) is 10.2 Å². The van der Waals surface area contributed by atoms with Crippen LogP contribution in [0.15, 0.2) is 120 Å². The molecule has 0 aromatic heterocycles. The zero-order chi connectivity index (χ0) is 30.7. The van der Waals surface area contributed by atoms with Crippen LogP contribution in [0.25, 0.3) is 0 Å². The molecule has 0 saturated carbocycles. The molecule has 0 radical (unpaired) electrons. The van der Waals surface area contributed by atoms with Crippen LogP contribution < -0.4 is 9.62 Å². The van der Waals surface area contributed by atoms with Gasteiger partial charge in [-0.25, -0.2) is 12.8 Å². The third-order valence-electron chi connectivity index (χ3n) is 7.03. The van der Waals surface area contributed by atoms with Crippen molar-refractivity contribution >= 4 is 27.5 Å². The molecule has 0 saturated heterocycles. The van der Waals surface area contributed by atoms with Crippen LogP contribution in [0, 0.1) is 5.82 Å². The van der Waals surface area contributed by atoms with Crippen molar-refractivity contribution in [1.29, 1.82) is 0 Å². The largest absolute Gasteiger partial charge is 0.354 e. The van der Waals surface area contributed by atoms with Crippen LogP contribution in [0.3, 0.4) is 0 Å². The van der Waals surface area contributed by atoms with E-state index in [9.17, 15) is 18.0 Å². The summed E-state index contributed by atoms with van der Waals surface area (Å²) in [6.07, 6.45) is 1.86. The van der Waals surface area contributed by atoms with E-state index in [1.165, 1.54) is 35.2 Å². The fraction of sp³-hybridized carbons (Fsp3) is 0.235. The third kappa shape index (κ3) is 8.29. The molecule has 7 nitrogen and oxygen atoms in total. The maximum Gasteiger partial charge on any atom is 0.264 e. The second kappa shape index (κ2) is 15.1. The summed E-state index contributed by atoms with van der Waals surface area (Å²) < 4.78 is 43.7. The minimum absolute atomic E-state index is 0.0505. The van der Waals surface area contributed by atoms with E-state index in [0.29, 0.717) is 6.54 Å². The van der Waals surface area contributed by atoms with Crippen molar-refractivity contribution in [2.24, 2.45) is 0 Å². The normalized spacial score (nSPS) is 11.9. The standard InChI is InChI=1S/C34H36FN3O4S/c1-2-3-23-36-34(40)32(24-27-15-7-4-8-16-27)37(25-28-17-9-5-10-18-28)33(39)26-38(31-22-14-13-21-30(31)35)43(41,42)29-19-11-6-12-20-29/h4-22,32H,2-3,23-26H2,1H3,(H,36,40)/t32-/m0/s1. The van der Waals surface area contributed by atoms with Gasteiger partial charge < -0.3 is 10.2 Å². The number of carbonyl (C=O) groups excluding carboxylic acids is 2. The van der Waals surface area contributed by atoms with Crippen LogP contribution in [0.1, 0.15) is 30.9 Å². The first-order valence-electron chi connectivity index (χ1n) is 14.3. The predicted octanol–water partition coefficient (Wildman–Crippen LogP) is 5.58. The molecule has 0 bridgehead atoms. The van der Waals surface area contributed by atoms with Crippen LogP contribution in [-0.4, -0.2) is 44.3 Å². The number of para-hydroxylation sites is 1. The Morgan fingerprint density at radius 2 is 1.35 bits per heavy atom. The monoisotopic (exact) mass is 601 g/mol. The van der Waals surface area contributed by atoms with E-state index >= 15 is 4.39 Å². The molecule has 1 N–H and O–H groups in total. The average Bonchev–Trinajstić information content (AvgIpc) is 3.03. The number of hydrogen-bond donors (Lipinski definition) is 1. The van der Waals surface area contributed by atoms with Gasteiger partial charge in [0.25, 0.3) is 10.0 Å². The van der Waals surface area contributed by atoms with Crippen molar-refractivity contribution in [3.05, 3.63) is 132 Å². The zero-order valence-electron chi connectivity index (χ0n) is 24.1. The maximum absolute atomic E-state index is 15.1. The smallest absolute Gasteiger partial charge is 0.264 e. The van der Waals surface area contributed by atoms with E-state index < -0.39 is 34.3 Å². The van der Waals surface area contributed by atoms with Gasteiger partial charge in [-0.1, -0.05) is 104 Å². The van der Waals surface area contributed by atoms with Gasteiger partial charge in [-0.2, -0.15) is 0 Å². The Morgan fingerprint density at radius 3 is 1.95 bits per heavy atom. The van der Waals surface area contributed by atoms with Gasteiger partial charge in [0.15, 0.2) is 0 Å². The van der Waals surface area contributed by atoms with Crippen LogP contribution >= 0.6 is 0 Å². The summed E-state index contributed by atoms with van der Waals surface area (Å²) in [7, 11) is -4.36. The second-order valence-electron chi connectivity index (χ2n) is 10.1. The lowest BCUT2D eigenvalue weighted by atomic mass is 10.0. The lowest BCUT2D eigenvalue weighted by Gasteiger charge is -2.34. The Kier molecular flexibility index (Phi) is 11.0. The van der Waals surface area contributed by atoms with Gasteiger partial charge >= 0.3 is 0 Å². The first-order valence-corrected chi connectivity index (χ1v) is 15.7. The number of benzene rings is 4. The number of hydrogen-bond acceptors (Lipinski definition) is 4. The fourth-order valence-electron chi connectivity index (χ4n) is 4.73. The number of sulfonamides is 1. The molecule has 43 heavy (non-hydrogen) atoms. The Bertz CT molecular complexity index is 1590. The molecule has 0 aliphatic heterocycles. The Morgan fingerprint density at radius 1 is 0.791 bits per heavy atom. The van der Waals surface area contributed by atoms with Gasteiger partial charge in [0.1, 0.15) is 18.4 Å². The zero-order valence-corrected chi connectivity index (χ0v) is 24.9. The Labute approximate surface area is 253 Å². The van der Waals surface area contributed by atoms with Gasteiger partial charge in [0.05, 0.1) is 10.6 Å². The molecule has 1 atom stereocenters. The minimum Gasteiger partial charge on any atom is -0.354 e. The highest BCUT2D eigenvalue weighted by molar-refractivity contribution is 7.92. The second-order valence-corrected chi connectivity index (χ2v) is 12.0. The molecule has 4 aromatic rings. The van der Waals surface area contributed by atoms with Crippen molar-refractivity contribution in [2.75, 3.05) is 17.4 Å². The number of amides is 2. The molecule has 0 fully saturated rings. The summed E-state index contributed by atoms with van der Waals surface area (Å²) in [5.74, 6) is -1.77. The first kappa shape index (κ1) is 31.4. The average molecular weight is 602 g/mol. The summed E-state index contributed by atoms with van der Waals surface area (Å²) in [5, 5.41) is 2.95. The van der Waals surface area contributed by atoms with Gasteiger partial charge in [-0.15, -0.1) is 0 Å². The van der Waals surface area contributed by atoms with Crippen molar-refractivity contribution in [3.8, 4) is 0 Å². The highest BCUT2D eigenvalue weighted by Crippen LogP contribution is 2.27. The number of halogens is 1. The molecule has 2 amide bonds. The number of nitrogens with zero attached hydrogens (tertiary/aromatic N) is 2. The minimum atomic E-state index is -4.36. The SMILES string of the molecule is CCCCNC(=O)[C@H](Cc1ccccc1)N(Cc1ccccc1)C(=O)CN(c1ccccc1F)S(=O)(=O)c1ccccc1. The lowest BCUT2D eigenvalue weighted by molar-refractivity contribution is -0.140. The topological polar surface area (TPSA) is 86.8 Å². The van der Waals surface area contributed by atoms with E-state index in [0.717, 1.165) is 34.3 Å². The van der Waals surface area contributed by atoms with Crippen LogP contribution in [0.4, 0.5) is 10.1 Å². The van der Waals surface area contributed by atoms with Gasteiger partial charge in [-0.3, -0.25) is 13.9 Å². The van der Waals surface area contributed by atoms with Crippen molar-refractivity contribution in [3.63, 3.8) is 0 Å². The van der Waals surface area contributed by atoms with E-state index in [1.807, 2.05) is 67.6 Å². The molecule has 0 aliphatic carbocycles. The number of carbonyl (C=O) groups is 2. The molecule has 0 heterocycles. The molecule has 0 spiro atoms. The summed E-state index contributed by atoms with van der Waals surface area (Å²) in [4.78, 5) is 29.3. The van der Waals surface area contributed by atoms with E-state index in [1.54, 1.807) is 18.2 Å². The van der Waals surface area contributed by atoms with Crippen LogP contribution in [0.2, 0.25) is 0 Å². The number of nitrogens with one attached hydrogen (secondary N) is 1. The molecule has 4 aromatic carbocycles. The van der Waals surface area contributed by atoms with Gasteiger partial charge in [-0.05, 0) is 41.8 Å². The highest BCUT2D eigenvalue weighted by atomic mass is 32.2. The summed E-state index contributed by atoms with van der Waals surface area (Å²) in [5.41, 5.74) is 1.34. The Balaban J connectivity index is 1.77. The Hall–Kier alpha value is -4.50. The predicted molar refractivity (Wildman–Crippen MR) is 166 cm³/mol. The first-order chi connectivity index (χ1) is 20.8. The number of anilines is 1. The highest BCUT2D eigenvalue weighted by Gasteiger charge is 2.35. The number of rotatable bonds is 14. The lowest BCUT2D eigenvalue weighted by Crippen LogP contribution is -2.53.